The molecule has 0 saturated heterocycles. The third-order valence-electron chi connectivity index (χ3n) is 9.01. The molecule has 45 heavy (non-hydrogen) atoms. The van der Waals surface area contributed by atoms with Crippen LogP contribution in [0.2, 0.25) is 0 Å². The van der Waals surface area contributed by atoms with Crippen LogP contribution >= 0.6 is 0 Å². The van der Waals surface area contributed by atoms with Gasteiger partial charge in [-0.05, 0) is 58.4 Å². The average Bonchev–Trinajstić information content (AvgIpc) is 3.02. The van der Waals surface area contributed by atoms with Crippen molar-refractivity contribution in [2.24, 2.45) is 0 Å². The lowest BCUT2D eigenvalue weighted by Crippen LogP contribution is -2.49. The molecule has 0 aliphatic carbocycles. The number of carbonyl (C=O) groups is 2. The van der Waals surface area contributed by atoms with E-state index in [1.165, 1.54) is 0 Å². The molecule has 240 valence electrons. The van der Waals surface area contributed by atoms with Crippen LogP contribution in [0.4, 0.5) is 0 Å². The Morgan fingerprint density at radius 3 is 1.24 bits per heavy atom. The van der Waals surface area contributed by atoms with E-state index in [2.05, 4.69) is 10.6 Å². The number of fused-ring (bicyclic) bond motifs is 2. The van der Waals surface area contributed by atoms with Crippen LogP contribution in [0.3, 0.4) is 0 Å². The Kier molecular flexibility index (Phi) is 11.8. The summed E-state index contributed by atoms with van der Waals surface area (Å²) in [6.45, 7) is 8.10. The Labute approximate surface area is 268 Å². The lowest BCUT2D eigenvalue weighted by Gasteiger charge is -2.38. The molecule has 0 saturated carbocycles. The summed E-state index contributed by atoms with van der Waals surface area (Å²) in [5.41, 5.74) is -0.707. The number of nitrogens with one attached hydrogen (secondary N) is 2. The van der Waals surface area contributed by atoms with E-state index in [0.29, 0.717) is 25.7 Å². The fraction of sp³-hybridized carbons (Fsp3) is 0.436. The highest BCUT2D eigenvalue weighted by Gasteiger charge is 2.40. The summed E-state index contributed by atoms with van der Waals surface area (Å²) in [6.07, 6.45) is 4.57. The number of rotatable bonds is 16. The van der Waals surface area contributed by atoms with Crippen LogP contribution in [0.25, 0.3) is 21.5 Å². The van der Waals surface area contributed by atoms with Gasteiger partial charge in [-0.3, -0.25) is 9.59 Å². The van der Waals surface area contributed by atoms with Crippen LogP contribution in [0, 0.1) is 0 Å². The van der Waals surface area contributed by atoms with Gasteiger partial charge in [0.05, 0.1) is 23.3 Å². The highest BCUT2D eigenvalue weighted by molar-refractivity contribution is 5.98. The predicted octanol–water partition coefficient (Wildman–Crippen LogP) is 8.06. The maximum atomic E-state index is 13.7. The Bertz CT molecular complexity index is 1440. The first-order valence-corrected chi connectivity index (χ1v) is 16.7. The third-order valence-corrected chi connectivity index (χ3v) is 9.01. The van der Waals surface area contributed by atoms with Gasteiger partial charge in [0.1, 0.15) is 6.42 Å². The Hall–Kier alpha value is -3.74. The van der Waals surface area contributed by atoms with Gasteiger partial charge in [0.25, 0.3) is 0 Å². The van der Waals surface area contributed by atoms with Gasteiger partial charge in [0, 0.05) is 0 Å². The molecule has 0 spiro atoms. The summed E-state index contributed by atoms with van der Waals surface area (Å²) in [5.74, 6) is -0.940. The van der Waals surface area contributed by atoms with Crippen LogP contribution in [0.1, 0.15) is 109 Å². The molecule has 0 aliphatic heterocycles. The normalized spacial score (nSPS) is 13.5. The van der Waals surface area contributed by atoms with Crippen LogP contribution < -0.4 is 10.6 Å². The van der Waals surface area contributed by atoms with Crippen molar-refractivity contribution < 1.29 is 19.8 Å². The minimum absolute atomic E-state index is 0.425. The smallest absolute Gasteiger partial charge is 0.230 e. The van der Waals surface area contributed by atoms with Crippen molar-refractivity contribution in [2.45, 2.75) is 109 Å². The minimum Gasteiger partial charge on any atom is -0.387 e. The Morgan fingerprint density at radius 1 is 0.556 bits per heavy atom. The number of amides is 2. The van der Waals surface area contributed by atoms with E-state index in [9.17, 15) is 19.8 Å². The molecule has 4 N–H and O–H groups in total. The second-order valence-electron chi connectivity index (χ2n) is 12.5. The summed E-state index contributed by atoms with van der Waals surface area (Å²) in [4.78, 5) is 27.4. The second kappa shape index (κ2) is 15.5. The van der Waals surface area contributed by atoms with Crippen molar-refractivity contribution in [1.82, 2.24) is 10.6 Å². The predicted molar refractivity (Wildman–Crippen MR) is 184 cm³/mol. The van der Waals surface area contributed by atoms with Gasteiger partial charge in [-0.25, -0.2) is 0 Å². The largest absolute Gasteiger partial charge is 0.387 e. The van der Waals surface area contributed by atoms with Gasteiger partial charge in [0.15, 0.2) is 0 Å². The Morgan fingerprint density at radius 2 is 0.889 bits per heavy atom. The van der Waals surface area contributed by atoms with E-state index < -0.39 is 41.5 Å². The molecule has 0 unspecified atom stereocenters. The summed E-state index contributed by atoms with van der Waals surface area (Å²) >= 11 is 0. The number of hydrogen-bond donors (Lipinski definition) is 4. The first-order chi connectivity index (χ1) is 21.7. The molecule has 2 amide bonds. The quantitative estimate of drug-likeness (QED) is 0.0965. The van der Waals surface area contributed by atoms with Crippen molar-refractivity contribution >= 4 is 33.4 Å². The lowest BCUT2D eigenvalue weighted by atomic mass is 9.79. The molecular weight excluding hydrogens is 560 g/mol. The topological polar surface area (TPSA) is 98.7 Å². The van der Waals surface area contributed by atoms with E-state index in [-0.39, 0.29) is 0 Å². The number of carbonyl (C=O) groups excluding carboxylic acids is 2. The van der Waals surface area contributed by atoms with Crippen molar-refractivity contribution in [2.75, 3.05) is 0 Å². The molecule has 4 aromatic carbocycles. The van der Waals surface area contributed by atoms with E-state index in [1.807, 2.05) is 113 Å². The SMILES string of the molecule is CCCC(O)(CCC)[C@@H](NC(=O)CC(=O)N[C@@H](c1cccc2ccccc12)C(O)(CCC)CCC)c1cccc2ccccc12. The van der Waals surface area contributed by atoms with Gasteiger partial charge < -0.3 is 20.8 Å². The molecule has 0 aliphatic rings. The number of aliphatic hydroxyl groups is 2. The highest BCUT2D eigenvalue weighted by atomic mass is 16.3. The zero-order chi connectivity index (χ0) is 32.5. The van der Waals surface area contributed by atoms with E-state index in [0.717, 1.165) is 58.4 Å². The van der Waals surface area contributed by atoms with Crippen molar-refractivity contribution in [1.29, 1.82) is 0 Å². The zero-order valence-electron chi connectivity index (χ0n) is 27.3. The molecule has 4 rings (SSSR count). The molecule has 6 nitrogen and oxygen atoms in total. The molecule has 0 bridgehead atoms. The van der Waals surface area contributed by atoms with Gasteiger partial charge in [-0.15, -0.1) is 0 Å². The highest BCUT2D eigenvalue weighted by Crippen LogP contribution is 2.39. The van der Waals surface area contributed by atoms with Gasteiger partial charge in [-0.2, -0.15) is 0 Å². The fourth-order valence-electron chi connectivity index (χ4n) is 7.14. The summed E-state index contributed by atoms with van der Waals surface area (Å²) in [5, 5.41) is 34.2. The minimum atomic E-state index is -1.19. The van der Waals surface area contributed by atoms with Gasteiger partial charge >= 0.3 is 0 Å². The molecular formula is C39H50N2O4. The Balaban J connectivity index is 1.66. The number of hydrogen-bond acceptors (Lipinski definition) is 4. The van der Waals surface area contributed by atoms with Gasteiger partial charge in [-0.1, -0.05) is 138 Å². The van der Waals surface area contributed by atoms with E-state index in [1.54, 1.807) is 0 Å². The lowest BCUT2D eigenvalue weighted by molar-refractivity contribution is -0.133. The van der Waals surface area contributed by atoms with Crippen LogP contribution in [-0.4, -0.2) is 33.2 Å². The van der Waals surface area contributed by atoms with Crippen molar-refractivity contribution in [3.8, 4) is 0 Å². The zero-order valence-corrected chi connectivity index (χ0v) is 27.3. The van der Waals surface area contributed by atoms with Gasteiger partial charge in [0.2, 0.25) is 11.8 Å². The average molecular weight is 611 g/mol. The van der Waals surface area contributed by atoms with E-state index in [4.69, 9.17) is 0 Å². The molecule has 0 aromatic heterocycles. The third kappa shape index (κ3) is 7.92. The summed E-state index contributed by atoms with van der Waals surface area (Å²) in [6, 6.07) is 26.3. The number of benzene rings is 4. The maximum Gasteiger partial charge on any atom is 0.230 e. The molecule has 0 fully saturated rings. The molecule has 4 aromatic rings. The molecule has 6 heteroatoms. The monoisotopic (exact) mass is 610 g/mol. The standard InChI is InChI=1S/C39H50N2O4/c1-5-23-38(44,24-6-2)36(32-21-13-17-28-15-9-11-19-30(28)32)40-34(42)27-35(43)41-37(39(45,25-7-3)26-8-4)33-22-14-18-29-16-10-12-20-31(29)33/h9-22,36-37,44-45H,5-8,23-27H2,1-4H3,(H,40,42)(H,41,43)/t36-,37-/m0/s1. The molecule has 0 heterocycles. The molecule has 2 atom stereocenters. The summed E-state index contributed by atoms with van der Waals surface area (Å²) in [7, 11) is 0. The molecule has 0 radical (unpaired) electrons. The first-order valence-electron chi connectivity index (χ1n) is 16.7. The van der Waals surface area contributed by atoms with E-state index >= 15 is 0 Å². The first kappa shape index (κ1) is 34.1. The summed E-state index contributed by atoms with van der Waals surface area (Å²) < 4.78 is 0. The van der Waals surface area contributed by atoms with Crippen LogP contribution in [-0.2, 0) is 9.59 Å². The fourth-order valence-corrected chi connectivity index (χ4v) is 7.14. The van der Waals surface area contributed by atoms with Crippen molar-refractivity contribution in [3.63, 3.8) is 0 Å². The maximum absolute atomic E-state index is 13.7. The van der Waals surface area contributed by atoms with Crippen LogP contribution in [0.15, 0.2) is 84.9 Å². The van der Waals surface area contributed by atoms with Crippen molar-refractivity contribution in [3.05, 3.63) is 96.1 Å². The van der Waals surface area contributed by atoms with Crippen LogP contribution in [0.5, 0.6) is 0 Å². The second-order valence-corrected chi connectivity index (χ2v) is 12.5.